The van der Waals surface area contributed by atoms with Gasteiger partial charge in [-0.3, -0.25) is 4.98 Å². The summed E-state index contributed by atoms with van der Waals surface area (Å²) < 4.78 is 13.4. The van der Waals surface area contributed by atoms with E-state index in [1.807, 2.05) is 12.1 Å². The second kappa shape index (κ2) is 6.14. The lowest BCUT2D eigenvalue weighted by molar-refractivity contribution is 0.429. The number of nitrogens with one attached hydrogen (secondary N) is 1. The maximum Gasteiger partial charge on any atom is 0.123 e. The van der Waals surface area contributed by atoms with E-state index >= 15 is 0 Å². The molecular weight excluding hydrogens is 251 g/mol. The molecule has 3 heteroatoms. The predicted molar refractivity (Wildman–Crippen MR) is 81.1 cm³/mol. The molecule has 0 aliphatic carbocycles. The summed E-state index contributed by atoms with van der Waals surface area (Å²) in [6, 6.07) is 10.6. The van der Waals surface area contributed by atoms with Gasteiger partial charge in [0, 0.05) is 17.3 Å². The lowest BCUT2D eigenvalue weighted by atomic mass is 10.0. The summed E-state index contributed by atoms with van der Waals surface area (Å²) in [5, 5.41) is 3.46. The first kappa shape index (κ1) is 14.7. The number of rotatable bonds is 4. The lowest BCUT2D eigenvalue weighted by Crippen LogP contribution is -2.37. The van der Waals surface area contributed by atoms with Crippen molar-refractivity contribution in [2.45, 2.75) is 32.7 Å². The molecule has 0 amide bonds. The Hall–Kier alpha value is -1.74. The summed E-state index contributed by atoms with van der Waals surface area (Å²) in [5.74, 6) is -0.230. The Labute approximate surface area is 120 Å². The van der Waals surface area contributed by atoms with Gasteiger partial charge in [-0.05, 0) is 57.5 Å². The predicted octanol–water partition coefficient (Wildman–Crippen LogP) is 3.82. The van der Waals surface area contributed by atoms with Crippen LogP contribution < -0.4 is 5.32 Å². The fourth-order valence-electron chi connectivity index (χ4n) is 2.11. The Morgan fingerprint density at radius 1 is 1.15 bits per heavy atom. The molecule has 0 aliphatic rings. The third-order valence-corrected chi connectivity index (χ3v) is 3.04. The molecule has 1 heterocycles. The van der Waals surface area contributed by atoms with Crippen molar-refractivity contribution in [1.29, 1.82) is 0 Å². The number of pyridine rings is 1. The monoisotopic (exact) mass is 272 g/mol. The van der Waals surface area contributed by atoms with Crippen molar-refractivity contribution >= 4 is 0 Å². The summed E-state index contributed by atoms with van der Waals surface area (Å²) in [6.07, 6.45) is 2.62. The smallest absolute Gasteiger partial charge is 0.123 e. The molecule has 0 spiro atoms. The molecule has 0 saturated carbocycles. The molecule has 0 unspecified atom stereocenters. The van der Waals surface area contributed by atoms with E-state index in [0.717, 1.165) is 29.8 Å². The van der Waals surface area contributed by atoms with Crippen molar-refractivity contribution in [3.8, 4) is 11.3 Å². The molecule has 2 aromatic rings. The van der Waals surface area contributed by atoms with E-state index in [-0.39, 0.29) is 11.4 Å². The van der Waals surface area contributed by atoms with Crippen molar-refractivity contribution in [1.82, 2.24) is 10.3 Å². The second-order valence-electron chi connectivity index (χ2n) is 5.95. The van der Waals surface area contributed by atoms with Crippen molar-refractivity contribution < 1.29 is 4.39 Å². The van der Waals surface area contributed by atoms with Crippen molar-refractivity contribution in [2.24, 2.45) is 0 Å². The molecule has 0 radical (unpaired) electrons. The third kappa shape index (κ3) is 4.14. The first-order chi connectivity index (χ1) is 9.46. The minimum Gasteiger partial charge on any atom is -0.312 e. The molecule has 0 bridgehead atoms. The van der Waals surface area contributed by atoms with E-state index in [9.17, 15) is 4.39 Å². The molecule has 2 rings (SSSR count). The number of hydrogen-bond acceptors (Lipinski definition) is 2. The summed E-state index contributed by atoms with van der Waals surface area (Å²) in [5.41, 5.74) is 2.93. The summed E-state index contributed by atoms with van der Waals surface area (Å²) in [7, 11) is 0. The van der Waals surface area contributed by atoms with Gasteiger partial charge in [-0.25, -0.2) is 4.39 Å². The van der Waals surface area contributed by atoms with Crippen LogP contribution in [0.5, 0.6) is 0 Å². The van der Waals surface area contributed by atoms with E-state index < -0.39 is 0 Å². The van der Waals surface area contributed by atoms with Crippen LogP contribution in [0.1, 0.15) is 26.3 Å². The van der Waals surface area contributed by atoms with Gasteiger partial charge in [0.15, 0.2) is 0 Å². The van der Waals surface area contributed by atoms with Crippen LogP contribution in [0.3, 0.4) is 0 Å². The highest BCUT2D eigenvalue weighted by Gasteiger charge is 2.10. The summed E-state index contributed by atoms with van der Waals surface area (Å²) >= 11 is 0. The first-order valence-electron chi connectivity index (χ1n) is 6.90. The van der Waals surface area contributed by atoms with Crippen LogP contribution in [-0.2, 0) is 6.42 Å². The van der Waals surface area contributed by atoms with Gasteiger partial charge in [-0.2, -0.15) is 0 Å². The Morgan fingerprint density at radius 2 is 1.95 bits per heavy atom. The van der Waals surface area contributed by atoms with Crippen LogP contribution in [0, 0.1) is 5.82 Å². The maximum atomic E-state index is 13.4. The molecule has 20 heavy (non-hydrogen) atoms. The third-order valence-electron chi connectivity index (χ3n) is 3.04. The van der Waals surface area contributed by atoms with Gasteiger partial charge in [0.1, 0.15) is 5.82 Å². The molecule has 2 nitrogen and oxygen atoms in total. The highest BCUT2D eigenvalue weighted by molar-refractivity contribution is 5.62. The average molecular weight is 272 g/mol. The Balaban J connectivity index is 2.18. The number of halogens is 1. The van der Waals surface area contributed by atoms with Gasteiger partial charge >= 0.3 is 0 Å². The standard InChI is InChI=1S/C17H21FN2/c1-17(2,3)20-11-9-13-7-5-10-19-16(13)14-6-4-8-15(18)12-14/h4-8,10,12,20H,9,11H2,1-3H3. The molecule has 0 fully saturated rings. The SMILES string of the molecule is CC(C)(C)NCCc1cccnc1-c1cccc(F)c1. The van der Waals surface area contributed by atoms with Gasteiger partial charge in [-0.15, -0.1) is 0 Å². The van der Waals surface area contributed by atoms with E-state index in [1.54, 1.807) is 12.3 Å². The maximum absolute atomic E-state index is 13.4. The van der Waals surface area contributed by atoms with Gasteiger partial charge < -0.3 is 5.32 Å². The van der Waals surface area contributed by atoms with Crippen molar-refractivity contribution in [3.05, 3.63) is 54.0 Å². The van der Waals surface area contributed by atoms with Crippen molar-refractivity contribution in [2.75, 3.05) is 6.54 Å². The van der Waals surface area contributed by atoms with Crippen molar-refractivity contribution in [3.63, 3.8) is 0 Å². The quantitative estimate of drug-likeness (QED) is 0.915. The van der Waals surface area contributed by atoms with E-state index in [4.69, 9.17) is 0 Å². The van der Waals surface area contributed by atoms with Gasteiger partial charge in [0.05, 0.1) is 5.69 Å². The zero-order valence-corrected chi connectivity index (χ0v) is 12.3. The van der Waals surface area contributed by atoms with Crippen LogP contribution in [0.2, 0.25) is 0 Å². The minimum atomic E-state index is -0.230. The van der Waals surface area contributed by atoms with E-state index in [2.05, 4.69) is 37.1 Å². The molecule has 0 saturated heterocycles. The zero-order chi connectivity index (χ0) is 14.6. The molecular formula is C17H21FN2. The number of benzene rings is 1. The second-order valence-corrected chi connectivity index (χ2v) is 5.95. The van der Waals surface area contributed by atoms with Crippen LogP contribution in [-0.4, -0.2) is 17.1 Å². The first-order valence-corrected chi connectivity index (χ1v) is 6.90. The van der Waals surface area contributed by atoms with Crippen LogP contribution >= 0.6 is 0 Å². The highest BCUT2D eigenvalue weighted by Crippen LogP contribution is 2.22. The summed E-state index contributed by atoms with van der Waals surface area (Å²) in [6.45, 7) is 7.30. The van der Waals surface area contributed by atoms with Crippen LogP contribution in [0.25, 0.3) is 11.3 Å². The van der Waals surface area contributed by atoms with Crippen LogP contribution in [0.15, 0.2) is 42.6 Å². The molecule has 1 N–H and O–H groups in total. The van der Waals surface area contributed by atoms with Gasteiger partial charge in [-0.1, -0.05) is 18.2 Å². The number of hydrogen-bond donors (Lipinski definition) is 1. The summed E-state index contributed by atoms with van der Waals surface area (Å²) in [4.78, 5) is 4.41. The minimum absolute atomic E-state index is 0.0984. The topological polar surface area (TPSA) is 24.9 Å². The molecule has 1 aromatic heterocycles. The van der Waals surface area contributed by atoms with Crippen LogP contribution in [0.4, 0.5) is 4.39 Å². The lowest BCUT2D eigenvalue weighted by Gasteiger charge is -2.20. The van der Waals surface area contributed by atoms with Gasteiger partial charge in [0.2, 0.25) is 0 Å². The number of aromatic nitrogens is 1. The fraction of sp³-hybridized carbons (Fsp3) is 0.353. The largest absolute Gasteiger partial charge is 0.312 e. The fourth-order valence-corrected chi connectivity index (χ4v) is 2.11. The Bertz CT molecular complexity index is 573. The number of nitrogens with zero attached hydrogens (tertiary/aromatic N) is 1. The Kier molecular flexibility index (Phi) is 4.50. The average Bonchev–Trinajstić information content (AvgIpc) is 2.38. The molecule has 0 atom stereocenters. The van der Waals surface area contributed by atoms with E-state index in [0.29, 0.717) is 0 Å². The highest BCUT2D eigenvalue weighted by atomic mass is 19.1. The normalized spacial score (nSPS) is 11.6. The molecule has 0 aliphatic heterocycles. The Morgan fingerprint density at radius 3 is 2.65 bits per heavy atom. The molecule has 106 valence electrons. The van der Waals surface area contributed by atoms with Gasteiger partial charge in [0.25, 0.3) is 0 Å². The zero-order valence-electron chi connectivity index (χ0n) is 12.3. The molecule has 1 aromatic carbocycles. The van der Waals surface area contributed by atoms with E-state index in [1.165, 1.54) is 12.1 Å².